The van der Waals surface area contributed by atoms with Gasteiger partial charge in [0, 0.05) is 54.5 Å². The Labute approximate surface area is 135 Å². The maximum Gasteiger partial charge on any atom is 0.253 e. The lowest BCUT2D eigenvalue weighted by atomic mass is 10.1. The molecule has 116 valence electrons. The van der Waals surface area contributed by atoms with E-state index < -0.39 is 0 Å². The van der Waals surface area contributed by atoms with Crippen LogP contribution in [-0.2, 0) is 0 Å². The van der Waals surface area contributed by atoms with Crippen molar-refractivity contribution in [1.29, 1.82) is 0 Å². The van der Waals surface area contributed by atoms with Crippen LogP contribution in [0.4, 0.5) is 5.69 Å². The number of aromatic nitrogens is 1. The molecule has 0 spiro atoms. The molecule has 0 unspecified atom stereocenters. The maximum absolute atomic E-state index is 12.5. The third kappa shape index (κ3) is 2.57. The number of piperazine rings is 1. The standard InChI is InChI=1S/C19H19N3O/c23-19(15-5-2-1-3-6-15)22-13-11-21(12-14-22)18-8-4-7-17-16(18)9-10-20-17/h1-10,20H,11-14H2. The zero-order valence-corrected chi connectivity index (χ0v) is 12.9. The fourth-order valence-corrected chi connectivity index (χ4v) is 3.26. The van der Waals surface area contributed by atoms with Crippen LogP contribution >= 0.6 is 0 Å². The van der Waals surface area contributed by atoms with E-state index >= 15 is 0 Å². The van der Waals surface area contributed by atoms with Crippen LogP contribution in [0.2, 0.25) is 0 Å². The van der Waals surface area contributed by atoms with Crippen molar-refractivity contribution < 1.29 is 4.79 Å². The van der Waals surface area contributed by atoms with Gasteiger partial charge in [-0.15, -0.1) is 0 Å². The molecule has 1 N–H and O–H groups in total. The van der Waals surface area contributed by atoms with Crippen LogP contribution in [-0.4, -0.2) is 42.0 Å². The second-order valence-electron chi connectivity index (χ2n) is 5.86. The van der Waals surface area contributed by atoms with Crippen molar-refractivity contribution in [3.8, 4) is 0 Å². The van der Waals surface area contributed by atoms with Crippen LogP contribution in [0.1, 0.15) is 10.4 Å². The Hall–Kier alpha value is -2.75. The number of nitrogens with zero attached hydrogens (tertiary/aromatic N) is 2. The van der Waals surface area contributed by atoms with Gasteiger partial charge >= 0.3 is 0 Å². The number of carbonyl (C=O) groups is 1. The number of carbonyl (C=O) groups excluding carboxylic acids is 1. The van der Waals surface area contributed by atoms with Crippen LogP contribution in [0.25, 0.3) is 10.9 Å². The Morgan fingerprint density at radius 3 is 2.43 bits per heavy atom. The van der Waals surface area contributed by atoms with Crippen LogP contribution in [0, 0.1) is 0 Å². The minimum atomic E-state index is 0.130. The van der Waals surface area contributed by atoms with Gasteiger partial charge in [-0.2, -0.15) is 0 Å². The number of anilines is 1. The fraction of sp³-hybridized carbons (Fsp3) is 0.211. The molecule has 0 radical (unpaired) electrons. The predicted molar refractivity (Wildman–Crippen MR) is 92.9 cm³/mol. The van der Waals surface area contributed by atoms with E-state index in [-0.39, 0.29) is 5.91 Å². The molecule has 0 saturated carbocycles. The molecule has 1 saturated heterocycles. The molecule has 0 atom stereocenters. The summed E-state index contributed by atoms with van der Waals surface area (Å²) in [7, 11) is 0. The van der Waals surface area contributed by atoms with Gasteiger partial charge in [-0.3, -0.25) is 4.79 Å². The number of benzene rings is 2. The van der Waals surface area contributed by atoms with E-state index in [0.717, 1.165) is 37.3 Å². The third-order valence-corrected chi connectivity index (χ3v) is 4.50. The number of nitrogens with one attached hydrogen (secondary N) is 1. The fourth-order valence-electron chi connectivity index (χ4n) is 3.26. The summed E-state index contributed by atoms with van der Waals surface area (Å²) >= 11 is 0. The topological polar surface area (TPSA) is 39.3 Å². The molecule has 2 aromatic carbocycles. The first-order valence-corrected chi connectivity index (χ1v) is 7.98. The molecular formula is C19H19N3O. The largest absolute Gasteiger partial charge is 0.367 e. The summed E-state index contributed by atoms with van der Waals surface area (Å²) < 4.78 is 0. The van der Waals surface area contributed by atoms with Gasteiger partial charge in [-0.1, -0.05) is 24.3 Å². The van der Waals surface area contributed by atoms with Crippen molar-refractivity contribution >= 4 is 22.5 Å². The number of rotatable bonds is 2. The Bertz CT molecular complexity index is 817. The van der Waals surface area contributed by atoms with Crippen molar-refractivity contribution in [3.63, 3.8) is 0 Å². The highest BCUT2D eigenvalue weighted by molar-refractivity contribution is 5.95. The SMILES string of the molecule is O=C(c1ccccc1)N1CCN(c2cccc3[nH]ccc23)CC1. The van der Waals surface area contributed by atoms with Crippen LogP contribution in [0.15, 0.2) is 60.8 Å². The van der Waals surface area contributed by atoms with E-state index in [4.69, 9.17) is 0 Å². The van der Waals surface area contributed by atoms with Crippen molar-refractivity contribution in [1.82, 2.24) is 9.88 Å². The Kier molecular flexibility index (Phi) is 3.50. The minimum absolute atomic E-state index is 0.130. The molecule has 4 nitrogen and oxygen atoms in total. The Morgan fingerprint density at radius 1 is 0.870 bits per heavy atom. The van der Waals surface area contributed by atoms with E-state index in [1.165, 1.54) is 11.1 Å². The molecule has 1 aliphatic heterocycles. The summed E-state index contributed by atoms with van der Waals surface area (Å²) in [6.45, 7) is 3.24. The summed E-state index contributed by atoms with van der Waals surface area (Å²) in [6.07, 6.45) is 1.98. The predicted octanol–water partition coefficient (Wildman–Crippen LogP) is 3.13. The van der Waals surface area contributed by atoms with Gasteiger partial charge in [0.1, 0.15) is 0 Å². The number of amides is 1. The lowest BCUT2D eigenvalue weighted by molar-refractivity contribution is 0.0747. The van der Waals surface area contributed by atoms with Crippen LogP contribution in [0.3, 0.4) is 0 Å². The van der Waals surface area contributed by atoms with Crippen LogP contribution < -0.4 is 4.90 Å². The highest BCUT2D eigenvalue weighted by atomic mass is 16.2. The normalized spacial score (nSPS) is 15.1. The molecule has 0 aliphatic carbocycles. The monoisotopic (exact) mass is 305 g/mol. The van der Waals surface area contributed by atoms with E-state index in [0.29, 0.717) is 0 Å². The number of H-pyrrole nitrogens is 1. The van der Waals surface area contributed by atoms with E-state index in [2.05, 4.69) is 34.1 Å². The average molecular weight is 305 g/mol. The van der Waals surface area contributed by atoms with Crippen molar-refractivity contribution in [3.05, 3.63) is 66.4 Å². The lowest BCUT2D eigenvalue weighted by Gasteiger charge is -2.36. The van der Waals surface area contributed by atoms with Gasteiger partial charge in [0.2, 0.25) is 0 Å². The molecule has 23 heavy (non-hydrogen) atoms. The molecule has 4 rings (SSSR count). The van der Waals surface area contributed by atoms with Gasteiger partial charge in [0.25, 0.3) is 5.91 Å². The maximum atomic E-state index is 12.5. The lowest BCUT2D eigenvalue weighted by Crippen LogP contribution is -2.48. The molecule has 2 heterocycles. The molecule has 0 bridgehead atoms. The number of hydrogen-bond acceptors (Lipinski definition) is 2. The van der Waals surface area contributed by atoms with Gasteiger partial charge in [-0.25, -0.2) is 0 Å². The molecule has 3 aromatic rings. The van der Waals surface area contributed by atoms with Crippen molar-refractivity contribution in [2.45, 2.75) is 0 Å². The zero-order chi connectivity index (χ0) is 15.6. The van der Waals surface area contributed by atoms with Crippen LogP contribution in [0.5, 0.6) is 0 Å². The van der Waals surface area contributed by atoms with Gasteiger partial charge in [0.15, 0.2) is 0 Å². The number of fused-ring (bicyclic) bond motifs is 1. The van der Waals surface area contributed by atoms with Crippen molar-refractivity contribution in [2.75, 3.05) is 31.1 Å². The molecular weight excluding hydrogens is 286 g/mol. The first-order chi connectivity index (χ1) is 11.3. The van der Waals surface area contributed by atoms with Gasteiger partial charge in [0.05, 0.1) is 0 Å². The molecule has 4 heteroatoms. The second kappa shape index (κ2) is 5.80. The van der Waals surface area contributed by atoms with Gasteiger partial charge in [-0.05, 0) is 30.3 Å². The molecule has 1 aromatic heterocycles. The third-order valence-electron chi connectivity index (χ3n) is 4.50. The average Bonchev–Trinajstić information content (AvgIpc) is 3.11. The first-order valence-electron chi connectivity index (χ1n) is 7.98. The molecule has 1 amide bonds. The minimum Gasteiger partial charge on any atom is -0.367 e. The summed E-state index contributed by atoms with van der Waals surface area (Å²) in [5.74, 6) is 0.130. The number of aromatic amines is 1. The zero-order valence-electron chi connectivity index (χ0n) is 12.9. The summed E-state index contributed by atoms with van der Waals surface area (Å²) in [4.78, 5) is 20.1. The van der Waals surface area contributed by atoms with Crippen molar-refractivity contribution in [2.24, 2.45) is 0 Å². The Morgan fingerprint density at radius 2 is 1.65 bits per heavy atom. The smallest absolute Gasteiger partial charge is 0.253 e. The summed E-state index contributed by atoms with van der Waals surface area (Å²) in [6, 6.07) is 18.0. The molecule has 1 aliphatic rings. The highest BCUT2D eigenvalue weighted by Crippen LogP contribution is 2.27. The van der Waals surface area contributed by atoms with E-state index in [9.17, 15) is 4.79 Å². The van der Waals surface area contributed by atoms with E-state index in [1.54, 1.807) is 0 Å². The summed E-state index contributed by atoms with van der Waals surface area (Å²) in [5, 5.41) is 1.25. The van der Waals surface area contributed by atoms with E-state index in [1.807, 2.05) is 41.4 Å². The highest BCUT2D eigenvalue weighted by Gasteiger charge is 2.23. The van der Waals surface area contributed by atoms with Gasteiger partial charge < -0.3 is 14.8 Å². The molecule has 1 fully saturated rings. The summed E-state index contributed by atoms with van der Waals surface area (Å²) in [5.41, 5.74) is 3.18. The number of hydrogen-bond donors (Lipinski definition) is 1. The quantitative estimate of drug-likeness (QED) is 0.790. The Balaban J connectivity index is 1.49. The first kappa shape index (κ1) is 13.9. The second-order valence-corrected chi connectivity index (χ2v) is 5.86.